The number of carboxylic acid groups (broad SMARTS) is 1. The van der Waals surface area contributed by atoms with Crippen LogP contribution in [0.3, 0.4) is 0 Å². The van der Waals surface area contributed by atoms with E-state index in [0.717, 1.165) is 24.8 Å². The molecular weight excluding hydrogens is 384 g/mol. The van der Waals surface area contributed by atoms with Crippen molar-refractivity contribution in [1.29, 1.82) is 0 Å². The Kier molecular flexibility index (Phi) is 4.42. The van der Waals surface area contributed by atoms with E-state index in [9.17, 15) is 19.8 Å². The molecule has 0 amide bonds. The van der Waals surface area contributed by atoms with E-state index in [0.29, 0.717) is 19.3 Å². The maximum Gasteiger partial charge on any atom is 0.339 e. The molecule has 0 unspecified atom stereocenters. The van der Waals surface area contributed by atoms with Crippen LogP contribution in [-0.2, 0) is 19.1 Å². The molecule has 0 aromatic carbocycles. The van der Waals surface area contributed by atoms with Crippen molar-refractivity contribution in [2.45, 2.75) is 83.4 Å². The summed E-state index contributed by atoms with van der Waals surface area (Å²) in [4.78, 5) is 24.6. The molecule has 4 fully saturated rings. The number of aliphatic hydroxyl groups is 1. The molecule has 0 aromatic rings. The van der Waals surface area contributed by atoms with Crippen LogP contribution in [0.25, 0.3) is 0 Å². The molecule has 0 aromatic heterocycles. The van der Waals surface area contributed by atoms with Crippen LogP contribution in [0.2, 0.25) is 0 Å². The second-order valence-corrected chi connectivity index (χ2v) is 10.4. The number of carbonyl (C=O) groups is 2. The van der Waals surface area contributed by atoms with Crippen molar-refractivity contribution in [1.82, 2.24) is 0 Å². The van der Waals surface area contributed by atoms with Gasteiger partial charge in [0.15, 0.2) is 17.7 Å². The minimum absolute atomic E-state index is 0.0139. The van der Waals surface area contributed by atoms with E-state index in [1.807, 2.05) is 19.9 Å². The van der Waals surface area contributed by atoms with Gasteiger partial charge in [-0.1, -0.05) is 38.8 Å². The van der Waals surface area contributed by atoms with Crippen LogP contribution in [0, 0.1) is 28.6 Å². The standard InChI is InChI=1S/C24H32O6/c1-4-5-19-29-18-11-16-15-7-6-13-10-14(25)8-9-22(13,2)20(15)17(26)12-23(16,3)24(18,30-19)21(27)28/h8-10,15-20,26H,4-7,11-12H2,1-3H3,(H,27,28)/t15-,16-,17-,18+,19+,20+,22-,23-,24-/m0/s1. The molecular formula is C24H32O6. The highest BCUT2D eigenvalue weighted by atomic mass is 16.7. The minimum Gasteiger partial charge on any atom is -0.479 e. The van der Waals surface area contributed by atoms with E-state index < -0.39 is 35.5 Å². The number of rotatable bonds is 3. The van der Waals surface area contributed by atoms with Gasteiger partial charge in [-0.2, -0.15) is 0 Å². The highest BCUT2D eigenvalue weighted by molar-refractivity contribution is 6.01. The summed E-state index contributed by atoms with van der Waals surface area (Å²) in [5.74, 6) is -0.722. The molecule has 6 heteroatoms. The first-order valence-corrected chi connectivity index (χ1v) is 11.4. The Morgan fingerprint density at radius 1 is 1.33 bits per heavy atom. The molecule has 3 saturated carbocycles. The number of aliphatic hydroxyl groups excluding tert-OH is 1. The molecule has 1 aliphatic heterocycles. The van der Waals surface area contributed by atoms with Crippen molar-refractivity contribution in [3.8, 4) is 0 Å². The van der Waals surface area contributed by atoms with Gasteiger partial charge in [-0.3, -0.25) is 4.79 Å². The van der Waals surface area contributed by atoms with Gasteiger partial charge in [-0.15, -0.1) is 0 Å². The van der Waals surface area contributed by atoms with E-state index >= 15 is 0 Å². The second-order valence-electron chi connectivity index (χ2n) is 10.4. The van der Waals surface area contributed by atoms with Crippen LogP contribution in [-0.4, -0.2) is 46.1 Å². The number of fused-ring (bicyclic) bond motifs is 7. The van der Waals surface area contributed by atoms with Gasteiger partial charge in [-0.05, 0) is 56.1 Å². The molecule has 2 N–H and O–H groups in total. The van der Waals surface area contributed by atoms with Crippen molar-refractivity contribution in [3.63, 3.8) is 0 Å². The summed E-state index contributed by atoms with van der Waals surface area (Å²) >= 11 is 0. The second kappa shape index (κ2) is 6.50. The van der Waals surface area contributed by atoms with Crippen LogP contribution in [0.1, 0.15) is 59.3 Å². The maximum atomic E-state index is 12.7. The summed E-state index contributed by atoms with van der Waals surface area (Å²) in [6.07, 6.45) is 7.90. The quantitative estimate of drug-likeness (QED) is 0.734. The van der Waals surface area contributed by atoms with Gasteiger partial charge < -0.3 is 19.7 Å². The topological polar surface area (TPSA) is 93.1 Å². The first-order chi connectivity index (χ1) is 14.2. The van der Waals surface area contributed by atoms with Crippen LogP contribution in [0.15, 0.2) is 23.8 Å². The molecule has 0 spiro atoms. The minimum atomic E-state index is -1.40. The third-order valence-corrected chi connectivity index (χ3v) is 9.13. The Balaban J connectivity index is 1.55. The average molecular weight is 417 g/mol. The lowest BCUT2D eigenvalue weighted by atomic mass is 9.46. The third kappa shape index (κ3) is 2.36. The van der Waals surface area contributed by atoms with Gasteiger partial charge in [0, 0.05) is 16.7 Å². The van der Waals surface area contributed by atoms with Gasteiger partial charge >= 0.3 is 5.97 Å². The van der Waals surface area contributed by atoms with E-state index in [4.69, 9.17) is 9.47 Å². The molecule has 1 saturated heterocycles. The fraction of sp³-hybridized carbons (Fsp3) is 0.750. The van der Waals surface area contributed by atoms with Gasteiger partial charge in [0.25, 0.3) is 0 Å². The summed E-state index contributed by atoms with van der Waals surface area (Å²) in [5, 5.41) is 21.8. The first kappa shape index (κ1) is 20.4. The normalized spacial score (nSPS) is 51.6. The van der Waals surface area contributed by atoms with Gasteiger partial charge in [0.1, 0.15) is 6.10 Å². The highest BCUT2D eigenvalue weighted by Crippen LogP contribution is 2.69. The summed E-state index contributed by atoms with van der Waals surface area (Å²) in [7, 11) is 0. The zero-order valence-electron chi connectivity index (χ0n) is 18.0. The Hall–Kier alpha value is -1.50. The molecule has 0 bridgehead atoms. The summed E-state index contributed by atoms with van der Waals surface area (Å²) < 4.78 is 12.4. The predicted molar refractivity (Wildman–Crippen MR) is 108 cm³/mol. The maximum absolute atomic E-state index is 12.7. The smallest absolute Gasteiger partial charge is 0.339 e. The monoisotopic (exact) mass is 416 g/mol. The number of ether oxygens (including phenoxy) is 2. The van der Waals surface area contributed by atoms with Crippen molar-refractivity contribution in [2.24, 2.45) is 28.6 Å². The van der Waals surface area contributed by atoms with E-state index in [1.165, 1.54) is 0 Å². The fourth-order valence-corrected chi connectivity index (χ4v) is 7.87. The Labute approximate surface area is 177 Å². The first-order valence-electron chi connectivity index (χ1n) is 11.4. The Bertz CT molecular complexity index is 847. The molecule has 164 valence electrons. The van der Waals surface area contributed by atoms with Gasteiger partial charge in [0.2, 0.25) is 0 Å². The van der Waals surface area contributed by atoms with Crippen molar-refractivity contribution >= 4 is 11.8 Å². The fourth-order valence-electron chi connectivity index (χ4n) is 7.87. The van der Waals surface area contributed by atoms with Crippen molar-refractivity contribution < 1.29 is 29.3 Å². The average Bonchev–Trinajstić information content (AvgIpc) is 3.15. The Morgan fingerprint density at radius 2 is 2.10 bits per heavy atom. The van der Waals surface area contributed by atoms with E-state index in [1.54, 1.807) is 12.2 Å². The van der Waals surface area contributed by atoms with Gasteiger partial charge in [-0.25, -0.2) is 4.79 Å². The molecule has 1 heterocycles. The SMILES string of the molecule is CCC[C@@H]1O[C@@H]2C[C@H]3[C@@H]4CCC5=CC(=O)C=C[C@]5(C)[C@H]4[C@@H](O)C[C@]3(C)[C@]2(C(=O)O)O1. The van der Waals surface area contributed by atoms with Crippen LogP contribution in [0.5, 0.6) is 0 Å². The zero-order chi connectivity index (χ0) is 21.5. The number of hydrogen-bond acceptors (Lipinski definition) is 5. The molecule has 0 radical (unpaired) electrons. The number of carboxylic acids is 1. The molecule has 4 aliphatic carbocycles. The van der Waals surface area contributed by atoms with Crippen LogP contribution in [0.4, 0.5) is 0 Å². The predicted octanol–water partition coefficient (Wildman–Crippen LogP) is 3.24. The van der Waals surface area contributed by atoms with Crippen molar-refractivity contribution in [3.05, 3.63) is 23.8 Å². The van der Waals surface area contributed by atoms with E-state index in [2.05, 4.69) is 6.92 Å². The molecule has 5 rings (SSSR count). The number of carbonyl (C=O) groups excluding carboxylic acids is 1. The number of allylic oxidation sites excluding steroid dienone is 4. The van der Waals surface area contributed by atoms with Gasteiger partial charge in [0.05, 0.1) is 6.10 Å². The Morgan fingerprint density at radius 3 is 2.80 bits per heavy atom. The molecule has 6 nitrogen and oxygen atoms in total. The lowest BCUT2D eigenvalue weighted by molar-refractivity contribution is -0.210. The lowest BCUT2D eigenvalue weighted by Crippen LogP contribution is -2.63. The molecule has 5 aliphatic rings. The summed E-state index contributed by atoms with van der Waals surface area (Å²) in [5.41, 5.74) is -1.37. The number of hydrogen-bond donors (Lipinski definition) is 2. The molecule has 30 heavy (non-hydrogen) atoms. The highest BCUT2D eigenvalue weighted by Gasteiger charge is 2.76. The van der Waals surface area contributed by atoms with Crippen LogP contribution < -0.4 is 0 Å². The summed E-state index contributed by atoms with van der Waals surface area (Å²) in [6.45, 7) is 6.15. The third-order valence-electron chi connectivity index (χ3n) is 9.13. The van der Waals surface area contributed by atoms with Crippen molar-refractivity contribution in [2.75, 3.05) is 0 Å². The van der Waals surface area contributed by atoms with Crippen LogP contribution >= 0.6 is 0 Å². The molecule has 9 atom stereocenters. The van der Waals surface area contributed by atoms with E-state index in [-0.39, 0.29) is 29.0 Å². The zero-order valence-corrected chi connectivity index (χ0v) is 18.0. The number of aliphatic carboxylic acids is 1. The lowest BCUT2D eigenvalue weighted by Gasteiger charge is -2.59. The number of ketones is 1. The largest absolute Gasteiger partial charge is 0.479 e. The summed E-state index contributed by atoms with van der Waals surface area (Å²) in [6, 6.07) is 0.